The largest absolute Gasteiger partial charge is 0.507 e. The van der Waals surface area contributed by atoms with E-state index in [0.29, 0.717) is 11.0 Å². The van der Waals surface area contributed by atoms with E-state index >= 15 is 0 Å². The van der Waals surface area contributed by atoms with Crippen LogP contribution in [0.1, 0.15) is 90.2 Å². The summed E-state index contributed by atoms with van der Waals surface area (Å²) in [6, 6.07) is 16.0. The van der Waals surface area contributed by atoms with E-state index < -0.39 is 0 Å². The minimum absolute atomic E-state index is 0.0439. The second kappa shape index (κ2) is 8.73. The predicted octanol–water partition coefficient (Wildman–Crippen LogP) is 10.2. The van der Waals surface area contributed by atoms with Crippen LogP contribution < -0.4 is 0 Å². The molecule has 0 heterocycles. The second-order valence-corrected chi connectivity index (χ2v) is 15.4. The number of rotatable bonds is 3. The Hall–Kier alpha value is -1.58. The minimum atomic E-state index is -0.0439. The molecular weight excluding hydrogens is 476 g/mol. The van der Waals surface area contributed by atoms with Crippen molar-refractivity contribution in [3.8, 4) is 16.9 Å². The lowest BCUT2D eigenvalue weighted by atomic mass is 9.52. The molecule has 3 aromatic carbocycles. The highest BCUT2D eigenvalue weighted by Crippen LogP contribution is 2.65. The molecule has 1 spiro atoms. The van der Waals surface area contributed by atoms with Crippen LogP contribution in [0.3, 0.4) is 0 Å². The average Bonchev–Trinajstić information content (AvgIpc) is 3.06. The molecule has 3 heteroatoms. The van der Waals surface area contributed by atoms with E-state index in [0.717, 1.165) is 18.2 Å². The first kappa shape index (κ1) is 24.7. The molecule has 190 valence electrons. The fourth-order valence-electron chi connectivity index (χ4n) is 8.45. The zero-order valence-electron chi connectivity index (χ0n) is 22.5. The molecule has 2 fully saturated rings. The number of thioether (sulfide) groups is 2. The summed E-state index contributed by atoms with van der Waals surface area (Å²) in [5, 5.41) is 14.5. The lowest BCUT2D eigenvalue weighted by Gasteiger charge is -2.51. The molecule has 3 aromatic rings. The molecule has 0 saturated heterocycles. The maximum absolute atomic E-state index is 11.5. The van der Waals surface area contributed by atoms with Crippen LogP contribution in [0.4, 0.5) is 0 Å². The highest BCUT2D eigenvalue weighted by Gasteiger charge is 2.53. The van der Waals surface area contributed by atoms with Crippen LogP contribution in [-0.2, 0) is 5.41 Å². The van der Waals surface area contributed by atoms with E-state index in [9.17, 15) is 5.11 Å². The Morgan fingerprint density at radius 3 is 2.14 bits per heavy atom. The molecule has 0 unspecified atom stereocenters. The Morgan fingerprint density at radius 2 is 1.44 bits per heavy atom. The van der Waals surface area contributed by atoms with Crippen LogP contribution in [0, 0.1) is 10.8 Å². The van der Waals surface area contributed by atoms with Gasteiger partial charge in [-0.2, -0.15) is 0 Å². The summed E-state index contributed by atoms with van der Waals surface area (Å²) >= 11 is 3.90. The molecule has 0 aliphatic heterocycles. The van der Waals surface area contributed by atoms with E-state index in [2.05, 4.69) is 88.2 Å². The van der Waals surface area contributed by atoms with Crippen LogP contribution in [0.25, 0.3) is 21.9 Å². The Morgan fingerprint density at radius 1 is 0.778 bits per heavy atom. The zero-order valence-corrected chi connectivity index (χ0v) is 24.2. The summed E-state index contributed by atoms with van der Waals surface area (Å²) in [6.07, 6.45) is 12.4. The van der Waals surface area contributed by atoms with Crippen molar-refractivity contribution in [2.24, 2.45) is 10.8 Å². The third-order valence-corrected chi connectivity index (χ3v) is 11.3. The summed E-state index contributed by atoms with van der Waals surface area (Å²) in [7, 11) is 0. The molecule has 36 heavy (non-hydrogen) atoms. The van der Waals surface area contributed by atoms with Gasteiger partial charge in [0.25, 0.3) is 0 Å². The molecular formula is C33H40OS2. The highest BCUT2D eigenvalue weighted by atomic mass is 32.2. The molecule has 0 bridgehead atoms. The summed E-state index contributed by atoms with van der Waals surface area (Å²) in [4.78, 5) is 2.70. The monoisotopic (exact) mass is 516 g/mol. The predicted molar refractivity (Wildman–Crippen MR) is 158 cm³/mol. The van der Waals surface area contributed by atoms with Gasteiger partial charge in [-0.25, -0.2) is 0 Å². The summed E-state index contributed by atoms with van der Waals surface area (Å²) < 4.78 is 0. The van der Waals surface area contributed by atoms with Gasteiger partial charge < -0.3 is 5.11 Å². The van der Waals surface area contributed by atoms with Gasteiger partial charge in [-0.15, -0.1) is 23.5 Å². The average molecular weight is 517 g/mol. The first-order valence-electron chi connectivity index (χ1n) is 13.8. The fraction of sp³-hybridized carbons (Fsp3) is 0.515. The van der Waals surface area contributed by atoms with Gasteiger partial charge in [0.05, 0.1) is 0 Å². The van der Waals surface area contributed by atoms with E-state index in [4.69, 9.17) is 0 Å². The van der Waals surface area contributed by atoms with Gasteiger partial charge in [0.2, 0.25) is 0 Å². The van der Waals surface area contributed by atoms with Crippen molar-refractivity contribution >= 4 is 34.3 Å². The zero-order chi connectivity index (χ0) is 25.3. The van der Waals surface area contributed by atoms with Crippen molar-refractivity contribution in [2.45, 2.75) is 99.5 Å². The number of phenols is 1. The van der Waals surface area contributed by atoms with Crippen LogP contribution in [0.15, 0.2) is 52.3 Å². The van der Waals surface area contributed by atoms with Crippen molar-refractivity contribution < 1.29 is 5.11 Å². The third kappa shape index (κ3) is 4.00. The molecule has 6 rings (SSSR count). The molecule has 3 aliphatic carbocycles. The minimum Gasteiger partial charge on any atom is -0.507 e. The summed E-state index contributed by atoms with van der Waals surface area (Å²) in [5.74, 6) is 0.446. The van der Waals surface area contributed by atoms with Gasteiger partial charge in [0.15, 0.2) is 0 Å². The van der Waals surface area contributed by atoms with Crippen molar-refractivity contribution in [3.05, 3.63) is 53.6 Å². The van der Waals surface area contributed by atoms with Crippen molar-refractivity contribution in [2.75, 3.05) is 6.26 Å². The van der Waals surface area contributed by atoms with Gasteiger partial charge >= 0.3 is 0 Å². The SMILES string of the molecule is CSc1cc2c(O)cc3c(c2cc1SC1CCCCC1)-c1ccccc1C31CC(C)(C)CC(C)(C)C1. The Labute approximate surface area is 225 Å². The first-order valence-corrected chi connectivity index (χ1v) is 15.9. The number of phenolic OH excluding ortho intramolecular Hbond substituents is 1. The van der Waals surface area contributed by atoms with Crippen LogP contribution in [-0.4, -0.2) is 16.6 Å². The van der Waals surface area contributed by atoms with Gasteiger partial charge in [-0.1, -0.05) is 71.2 Å². The van der Waals surface area contributed by atoms with Crippen molar-refractivity contribution in [3.63, 3.8) is 0 Å². The van der Waals surface area contributed by atoms with Crippen molar-refractivity contribution in [1.29, 1.82) is 0 Å². The Balaban J connectivity index is 1.61. The maximum atomic E-state index is 11.5. The Bertz CT molecular complexity index is 1310. The van der Waals surface area contributed by atoms with Crippen molar-refractivity contribution in [1.82, 2.24) is 0 Å². The van der Waals surface area contributed by atoms with E-state index in [1.165, 1.54) is 76.0 Å². The van der Waals surface area contributed by atoms with Crippen LogP contribution >= 0.6 is 23.5 Å². The molecule has 0 amide bonds. The number of aromatic hydroxyl groups is 1. The van der Waals surface area contributed by atoms with Gasteiger partial charge in [0.1, 0.15) is 5.75 Å². The highest BCUT2D eigenvalue weighted by molar-refractivity contribution is 8.02. The van der Waals surface area contributed by atoms with Gasteiger partial charge in [-0.05, 0) is 95.0 Å². The van der Waals surface area contributed by atoms with E-state index in [1.54, 1.807) is 0 Å². The molecule has 2 saturated carbocycles. The van der Waals surface area contributed by atoms with Crippen LogP contribution in [0.5, 0.6) is 5.75 Å². The summed E-state index contributed by atoms with van der Waals surface area (Å²) in [6.45, 7) is 9.78. The van der Waals surface area contributed by atoms with Crippen LogP contribution in [0.2, 0.25) is 0 Å². The number of hydrogen-bond donors (Lipinski definition) is 1. The van der Waals surface area contributed by atoms with Gasteiger partial charge in [-0.3, -0.25) is 0 Å². The molecule has 0 radical (unpaired) electrons. The fourth-order valence-corrected chi connectivity index (χ4v) is 10.6. The maximum Gasteiger partial charge on any atom is 0.123 e. The van der Waals surface area contributed by atoms with E-state index in [1.807, 2.05) is 11.8 Å². The Kier molecular flexibility index (Phi) is 6.00. The second-order valence-electron chi connectivity index (χ2n) is 13.2. The summed E-state index contributed by atoms with van der Waals surface area (Å²) in [5.41, 5.74) is 6.04. The quantitative estimate of drug-likeness (QED) is 0.350. The molecule has 0 aromatic heterocycles. The molecule has 1 N–H and O–H groups in total. The number of fused-ring (bicyclic) bond motifs is 7. The third-order valence-electron chi connectivity index (χ3n) is 8.99. The smallest absolute Gasteiger partial charge is 0.123 e. The number of benzene rings is 3. The lowest BCUT2D eigenvalue weighted by Crippen LogP contribution is -2.43. The van der Waals surface area contributed by atoms with Gasteiger partial charge in [0, 0.05) is 25.8 Å². The molecule has 1 nitrogen and oxygen atoms in total. The topological polar surface area (TPSA) is 20.2 Å². The first-order chi connectivity index (χ1) is 17.1. The standard InChI is InChI=1S/C33H40OS2/c1-31(2)18-32(3,4)20-33(19-31)25-14-10-9-13-22(25)30-24-16-29(36-21-11-7-6-8-12-21)28(35-5)15-23(24)27(34)17-26(30)33/h9-10,13-17,21,34H,6-8,11-12,18-20H2,1-5H3. The molecule has 0 atom stereocenters. The number of hydrogen-bond acceptors (Lipinski definition) is 3. The molecule has 3 aliphatic rings. The normalized spacial score (nSPS) is 22.0. The lowest BCUT2D eigenvalue weighted by molar-refractivity contribution is 0.0645. The van der Waals surface area contributed by atoms with E-state index in [-0.39, 0.29) is 16.2 Å².